The minimum absolute atomic E-state index is 0.283. The Morgan fingerprint density at radius 2 is 2.05 bits per heavy atom. The summed E-state index contributed by atoms with van der Waals surface area (Å²) in [5.41, 5.74) is 1.17. The Hall–Kier alpha value is -1.13. The van der Waals surface area contributed by atoms with Crippen molar-refractivity contribution in [3.8, 4) is 5.75 Å². The van der Waals surface area contributed by atoms with Crippen LogP contribution >= 0.6 is 27.3 Å². The van der Waals surface area contributed by atoms with Gasteiger partial charge >= 0.3 is 0 Å². The number of carbonyl (C=O) groups excluding carboxylic acids is 1. The van der Waals surface area contributed by atoms with Gasteiger partial charge in [-0.2, -0.15) is 0 Å². The van der Waals surface area contributed by atoms with Crippen molar-refractivity contribution in [2.24, 2.45) is 0 Å². The number of rotatable bonds is 6. The van der Waals surface area contributed by atoms with Gasteiger partial charge in [0.15, 0.2) is 0 Å². The topological polar surface area (TPSA) is 26.3 Å². The van der Waals surface area contributed by atoms with Gasteiger partial charge in [-0.3, -0.25) is 4.79 Å². The molecule has 4 heteroatoms. The molecule has 0 aliphatic rings. The lowest BCUT2D eigenvalue weighted by atomic mass is 10.1. The Bertz CT molecular complexity index is 546. The molecular weight excluding hydrogens is 324 g/mol. The van der Waals surface area contributed by atoms with Gasteiger partial charge in [0.05, 0.1) is 7.11 Å². The number of carbonyl (C=O) groups is 1. The minimum atomic E-state index is 0.283. The number of ether oxygens (including phenoxy) is 1. The molecule has 1 aromatic carbocycles. The quantitative estimate of drug-likeness (QED) is 0.786. The van der Waals surface area contributed by atoms with E-state index < -0.39 is 0 Å². The molecule has 0 saturated carbocycles. The molecule has 1 heterocycles. The highest BCUT2D eigenvalue weighted by Crippen LogP contribution is 2.21. The first-order chi connectivity index (χ1) is 9.17. The van der Waals surface area contributed by atoms with Crippen molar-refractivity contribution < 1.29 is 9.53 Å². The minimum Gasteiger partial charge on any atom is -0.497 e. The second-order valence-electron chi connectivity index (χ2n) is 4.29. The lowest BCUT2D eigenvalue weighted by molar-refractivity contribution is -0.118. The third-order valence-electron chi connectivity index (χ3n) is 2.84. The van der Waals surface area contributed by atoms with Gasteiger partial charge < -0.3 is 4.74 Å². The molecule has 0 aliphatic carbocycles. The molecule has 0 radical (unpaired) electrons. The lowest BCUT2D eigenvalue weighted by Crippen LogP contribution is -2.03. The fourth-order valence-electron chi connectivity index (χ4n) is 1.81. The number of aryl methyl sites for hydroxylation is 1. The van der Waals surface area contributed by atoms with Crippen LogP contribution in [0.15, 0.2) is 40.2 Å². The summed E-state index contributed by atoms with van der Waals surface area (Å²) in [6, 6.07) is 9.88. The van der Waals surface area contributed by atoms with E-state index in [2.05, 4.69) is 15.9 Å². The van der Waals surface area contributed by atoms with Crippen LogP contribution in [0.2, 0.25) is 0 Å². The molecule has 0 amide bonds. The monoisotopic (exact) mass is 338 g/mol. The maximum Gasteiger partial charge on any atom is 0.138 e. The summed E-state index contributed by atoms with van der Waals surface area (Å²) in [5, 5.41) is 2.01. The van der Waals surface area contributed by atoms with Crippen LogP contribution in [0.25, 0.3) is 0 Å². The van der Waals surface area contributed by atoms with Gasteiger partial charge in [0.1, 0.15) is 11.5 Å². The van der Waals surface area contributed by atoms with Crippen molar-refractivity contribution in [2.45, 2.75) is 19.3 Å². The molecule has 19 heavy (non-hydrogen) atoms. The summed E-state index contributed by atoms with van der Waals surface area (Å²) in [6.07, 6.45) is 1.91. The van der Waals surface area contributed by atoms with Crippen LogP contribution in [-0.4, -0.2) is 12.9 Å². The van der Waals surface area contributed by atoms with Crippen LogP contribution in [-0.2, 0) is 17.6 Å². The van der Waals surface area contributed by atoms with E-state index in [4.69, 9.17) is 4.74 Å². The molecule has 0 spiro atoms. The average Bonchev–Trinajstić information content (AvgIpc) is 2.82. The number of hydrogen-bond acceptors (Lipinski definition) is 3. The molecule has 2 aromatic rings. The van der Waals surface area contributed by atoms with E-state index in [1.807, 2.05) is 35.7 Å². The summed E-state index contributed by atoms with van der Waals surface area (Å²) >= 11 is 5.02. The maximum absolute atomic E-state index is 11.9. The molecule has 2 nitrogen and oxygen atoms in total. The second kappa shape index (κ2) is 6.87. The van der Waals surface area contributed by atoms with Crippen molar-refractivity contribution in [3.63, 3.8) is 0 Å². The zero-order valence-corrected chi connectivity index (χ0v) is 13.1. The first-order valence-corrected chi connectivity index (χ1v) is 7.72. The average molecular weight is 339 g/mol. The summed E-state index contributed by atoms with van der Waals surface area (Å²) in [6.45, 7) is 0. The molecule has 0 unspecified atom stereocenters. The van der Waals surface area contributed by atoms with E-state index in [0.29, 0.717) is 12.8 Å². The Labute approximate surface area is 125 Å². The van der Waals surface area contributed by atoms with Gasteiger partial charge in [-0.05, 0) is 46.1 Å². The smallest absolute Gasteiger partial charge is 0.138 e. The molecular formula is C15H15BrO2S. The standard InChI is InChI=1S/C15H15BrO2S/c1-18-14-6-3-11(4-7-14)2-5-13(17)9-15-8-12(16)10-19-15/h3-4,6-8,10H,2,5,9H2,1H3. The fraction of sp³-hybridized carbons (Fsp3) is 0.267. The van der Waals surface area contributed by atoms with Crippen LogP contribution in [0.3, 0.4) is 0 Å². The molecule has 0 N–H and O–H groups in total. The van der Waals surface area contributed by atoms with Crippen molar-refractivity contribution >= 4 is 33.0 Å². The zero-order chi connectivity index (χ0) is 13.7. The summed E-state index contributed by atoms with van der Waals surface area (Å²) in [7, 11) is 1.65. The van der Waals surface area contributed by atoms with Crippen molar-refractivity contribution in [2.75, 3.05) is 7.11 Å². The van der Waals surface area contributed by atoms with Crippen molar-refractivity contribution in [1.82, 2.24) is 0 Å². The Morgan fingerprint density at radius 3 is 2.63 bits per heavy atom. The highest BCUT2D eigenvalue weighted by Gasteiger charge is 2.06. The van der Waals surface area contributed by atoms with Crippen molar-refractivity contribution in [1.29, 1.82) is 0 Å². The molecule has 0 saturated heterocycles. The first-order valence-electron chi connectivity index (χ1n) is 6.05. The van der Waals surface area contributed by atoms with Gasteiger partial charge in [-0.15, -0.1) is 11.3 Å². The number of hydrogen-bond donors (Lipinski definition) is 0. The molecule has 0 fully saturated rings. The maximum atomic E-state index is 11.9. The van der Waals surface area contributed by atoms with E-state index in [1.165, 1.54) is 5.56 Å². The number of halogens is 1. The molecule has 1 aromatic heterocycles. The van der Waals surface area contributed by atoms with E-state index >= 15 is 0 Å². The predicted octanol–water partition coefficient (Wildman–Crippen LogP) is 4.26. The van der Waals surface area contributed by atoms with Crippen LogP contribution in [0.4, 0.5) is 0 Å². The van der Waals surface area contributed by atoms with Gasteiger partial charge in [0.25, 0.3) is 0 Å². The Kier molecular flexibility index (Phi) is 5.16. The Balaban J connectivity index is 1.82. The number of thiophene rings is 1. The number of benzene rings is 1. The number of ketones is 1. The molecule has 0 aliphatic heterocycles. The highest BCUT2D eigenvalue weighted by molar-refractivity contribution is 9.10. The van der Waals surface area contributed by atoms with E-state index in [0.717, 1.165) is 21.5 Å². The van der Waals surface area contributed by atoms with Gasteiger partial charge in [0.2, 0.25) is 0 Å². The predicted molar refractivity (Wildman–Crippen MR) is 82.0 cm³/mol. The molecule has 2 rings (SSSR count). The van der Waals surface area contributed by atoms with Crippen LogP contribution in [0.5, 0.6) is 5.75 Å². The summed E-state index contributed by atoms with van der Waals surface area (Å²) in [5.74, 6) is 1.13. The van der Waals surface area contributed by atoms with Gasteiger partial charge in [-0.25, -0.2) is 0 Å². The van der Waals surface area contributed by atoms with Crippen molar-refractivity contribution in [3.05, 3.63) is 50.6 Å². The number of Topliss-reactive ketones (excluding diaryl/α,β-unsaturated/α-hetero) is 1. The lowest BCUT2D eigenvalue weighted by Gasteiger charge is -2.03. The molecule has 0 atom stereocenters. The van der Waals surface area contributed by atoms with E-state index in [9.17, 15) is 4.79 Å². The van der Waals surface area contributed by atoms with Gasteiger partial charge in [-0.1, -0.05) is 12.1 Å². The Morgan fingerprint density at radius 1 is 1.32 bits per heavy atom. The second-order valence-corrected chi connectivity index (χ2v) is 6.21. The zero-order valence-electron chi connectivity index (χ0n) is 10.7. The van der Waals surface area contributed by atoms with Crippen LogP contribution < -0.4 is 4.74 Å². The van der Waals surface area contributed by atoms with Crippen LogP contribution in [0, 0.1) is 0 Å². The third-order valence-corrected chi connectivity index (χ3v) is 4.54. The van der Waals surface area contributed by atoms with E-state index in [1.54, 1.807) is 18.4 Å². The molecule has 100 valence electrons. The fourth-order valence-corrected chi connectivity index (χ4v) is 3.28. The van der Waals surface area contributed by atoms with Crippen LogP contribution in [0.1, 0.15) is 16.9 Å². The third kappa shape index (κ3) is 4.48. The van der Waals surface area contributed by atoms with Gasteiger partial charge in [0, 0.05) is 27.6 Å². The largest absolute Gasteiger partial charge is 0.497 e. The van der Waals surface area contributed by atoms with E-state index in [-0.39, 0.29) is 5.78 Å². The molecule has 0 bridgehead atoms. The first kappa shape index (κ1) is 14.3. The SMILES string of the molecule is COc1ccc(CCC(=O)Cc2cc(Br)cs2)cc1. The summed E-state index contributed by atoms with van der Waals surface area (Å²) in [4.78, 5) is 13.0. The number of methoxy groups -OCH3 is 1. The highest BCUT2D eigenvalue weighted by atomic mass is 79.9. The summed E-state index contributed by atoms with van der Waals surface area (Å²) < 4.78 is 6.16. The normalized spacial score (nSPS) is 10.4.